The fraction of sp³-hybridized carbons (Fsp3) is 0.371. The Balaban J connectivity index is 1.37. The monoisotopic (exact) mass is 678 g/mol. The number of anilines is 1. The molecule has 3 N–H and O–H groups in total. The van der Waals surface area contributed by atoms with Crippen LogP contribution in [0.15, 0.2) is 72.1 Å². The fourth-order valence-corrected chi connectivity index (χ4v) is 6.18. The average molecular weight is 679 g/mol. The van der Waals surface area contributed by atoms with Crippen LogP contribution in [0.4, 0.5) is 14.9 Å². The highest BCUT2D eigenvalue weighted by atomic mass is 32.1. The van der Waals surface area contributed by atoms with E-state index in [0.29, 0.717) is 28.1 Å². The van der Waals surface area contributed by atoms with Gasteiger partial charge in [0.15, 0.2) is 0 Å². The summed E-state index contributed by atoms with van der Waals surface area (Å²) < 4.78 is 32.0. The van der Waals surface area contributed by atoms with Crippen molar-refractivity contribution in [2.24, 2.45) is 0 Å². The summed E-state index contributed by atoms with van der Waals surface area (Å²) in [4.78, 5) is 54.2. The largest absolute Gasteiger partial charge is 0.491 e. The molecular weight excluding hydrogens is 639 g/mol. The summed E-state index contributed by atoms with van der Waals surface area (Å²) in [5.74, 6) is -1.43. The number of halogens is 1. The van der Waals surface area contributed by atoms with E-state index in [-0.39, 0.29) is 50.5 Å². The lowest BCUT2D eigenvalue weighted by Crippen LogP contribution is -2.46. The van der Waals surface area contributed by atoms with Gasteiger partial charge in [-0.25, -0.2) is 9.18 Å². The fourth-order valence-electron chi connectivity index (χ4n) is 5.36. The second kappa shape index (κ2) is 15.4. The zero-order chi connectivity index (χ0) is 34.3. The van der Waals surface area contributed by atoms with E-state index in [4.69, 9.17) is 14.2 Å². The summed E-state index contributed by atoms with van der Waals surface area (Å²) in [7, 11) is 0. The van der Waals surface area contributed by atoms with E-state index in [1.165, 1.54) is 12.1 Å². The first-order chi connectivity index (χ1) is 22.9. The van der Waals surface area contributed by atoms with Gasteiger partial charge in [-0.1, -0.05) is 30.4 Å². The van der Waals surface area contributed by atoms with E-state index in [9.17, 15) is 23.6 Å². The predicted octanol–water partition coefficient (Wildman–Crippen LogP) is 5.14. The van der Waals surface area contributed by atoms with Gasteiger partial charge >= 0.3 is 6.09 Å². The molecule has 2 aliphatic rings. The maximum absolute atomic E-state index is 14.8. The molecular formula is C35H39FN4O7S. The number of ether oxygens (including phenoxy) is 3. The molecule has 4 amide bonds. The number of thiophene rings is 1. The van der Waals surface area contributed by atoms with E-state index in [1.54, 1.807) is 79.6 Å². The summed E-state index contributed by atoms with van der Waals surface area (Å²) in [5, 5.41) is 10.1. The summed E-state index contributed by atoms with van der Waals surface area (Å²) >= 11 is 1.16. The standard InChI is InChI=1S/C35H39FN4O7S/c1-35(2,3)47-34(44)38-26-17-27-19-46-28-14-22(13-24(36)16-28)23-15-30(48-21-23)33(43)39-29(32(42)37-25-9-5-4-6-10-25)20-45-12-8-7-11-31(41)40(27)18-26/h4-10,13-16,21,26-27,29H,11-12,17-20H2,1-3H3,(H,37,42)(H,38,44)(H,39,43)/b8-7-/t26-,27-,29-/m0/s1. The van der Waals surface area contributed by atoms with E-state index >= 15 is 0 Å². The van der Waals surface area contributed by atoms with Crippen molar-refractivity contribution >= 4 is 40.8 Å². The normalized spacial score (nSPS) is 21.2. The third-order valence-corrected chi connectivity index (χ3v) is 8.48. The minimum absolute atomic E-state index is 0.0529. The number of alkyl carbamates (subject to hydrolysis) is 1. The van der Waals surface area contributed by atoms with Crippen molar-refractivity contribution in [2.75, 3.05) is 31.7 Å². The molecule has 1 fully saturated rings. The Hall–Kier alpha value is -4.75. The Morgan fingerprint density at radius 1 is 1.04 bits per heavy atom. The first-order valence-electron chi connectivity index (χ1n) is 15.6. The molecule has 4 bridgehead atoms. The van der Waals surface area contributed by atoms with Gasteiger partial charge in [0.25, 0.3) is 5.91 Å². The van der Waals surface area contributed by atoms with Crippen LogP contribution >= 0.6 is 11.3 Å². The number of nitrogens with one attached hydrogen (secondary N) is 3. The van der Waals surface area contributed by atoms with Gasteiger partial charge in [-0.05, 0) is 74.0 Å². The van der Waals surface area contributed by atoms with Gasteiger partial charge in [0.1, 0.15) is 29.8 Å². The Morgan fingerprint density at radius 2 is 1.83 bits per heavy atom. The molecule has 0 aliphatic carbocycles. The number of hydrogen-bond donors (Lipinski definition) is 3. The van der Waals surface area contributed by atoms with Crippen LogP contribution in [0, 0.1) is 5.82 Å². The molecule has 3 aromatic rings. The number of para-hydroxylation sites is 1. The van der Waals surface area contributed by atoms with Gasteiger partial charge in [-0.2, -0.15) is 0 Å². The van der Waals surface area contributed by atoms with Gasteiger partial charge in [0.05, 0.1) is 30.2 Å². The molecule has 1 saturated heterocycles. The average Bonchev–Trinajstić information content (AvgIpc) is 3.68. The van der Waals surface area contributed by atoms with Crippen molar-refractivity contribution < 1.29 is 37.8 Å². The molecule has 0 saturated carbocycles. The van der Waals surface area contributed by atoms with Crippen LogP contribution in [-0.4, -0.2) is 78.8 Å². The second-order valence-corrected chi connectivity index (χ2v) is 13.5. The smallest absolute Gasteiger partial charge is 0.407 e. The number of amides is 4. The van der Waals surface area contributed by atoms with E-state index < -0.39 is 41.4 Å². The highest BCUT2D eigenvalue weighted by molar-refractivity contribution is 7.12. The van der Waals surface area contributed by atoms with Crippen LogP contribution in [0.25, 0.3) is 11.1 Å². The maximum atomic E-state index is 14.8. The zero-order valence-electron chi connectivity index (χ0n) is 27.0. The summed E-state index contributed by atoms with van der Waals surface area (Å²) in [6.07, 6.45) is 3.22. The molecule has 13 heteroatoms. The van der Waals surface area contributed by atoms with Crippen molar-refractivity contribution in [3.05, 3.63) is 82.8 Å². The zero-order valence-corrected chi connectivity index (χ0v) is 27.8. The number of carbonyl (C=O) groups excluding carboxylic acids is 4. The number of rotatable bonds is 3. The second-order valence-electron chi connectivity index (χ2n) is 12.6. The molecule has 254 valence electrons. The molecule has 3 atom stereocenters. The molecule has 48 heavy (non-hydrogen) atoms. The number of benzene rings is 2. The van der Waals surface area contributed by atoms with Crippen molar-refractivity contribution in [3.63, 3.8) is 0 Å². The third-order valence-electron chi connectivity index (χ3n) is 7.55. The van der Waals surface area contributed by atoms with E-state index in [2.05, 4.69) is 16.0 Å². The molecule has 11 nitrogen and oxygen atoms in total. The summed E-state index contributed by atoms with van der Waals surface area (Å²) in [6, 6.07) is 12.9. The third kappa shape index (κ3) is 9.64. The van der Waals surface area contributed by atoms with Crippen molar-refractivity contribution in [3.8, 4) is 16.9 Å². The summed E-state index contributed by atoms with van der Waals surface area (Å²) in [5.41, 5.74) is 0.966. The van der Waals surface area contributed by atoms with Crippen LogP contribution in [-0.2, 0) is 19.1 Å². The summed E-state index contributed by atoms with van der Waals surface area (Å²) in [6.45, 7) is 5.60. The minimum atomic E-state index is -1.03. The number of carbonyl (C=O) groups is 4. The number of fused-ring (bicyclic) bond motifs is 6. The van der Waals surface area contributed by atoms with Crippen LogP contribution in [0.3, 0.4) is 0 Å². The molecule has 2 aliphatic heterocycles. The van der Waals surface area contributed by atoms with Crippen LogP contribution in [0.1, 0.15) is 43.3 Å². The molecule has 3 heterocycles. The van der Waals surface area contributed by atoms with Gasteiger partial charge in [-0.15, -0.1) is 11.3 Å². The minimum Gasteiger partial charge on any atom is -0.491 e. The Kier molecular flexibility index (Phi) is 11.1. The van der Waals surface area contributed by atoms with E-state index in [0.717, 1.165) is 11.3 Å². The molecule has 5 rings (SSSR count). The first kappa shape index (κ1) is 34.6. The van der Waals surface area contributed by atoms with Crippen molar-refractivity contribution in [1.82, 2.24) is 15.5 Å². The van der Waals surface area contributed by atoms with Crippen molar-refractivity contribution in [2.45, 2.75) is 57.3 Å². The van der Waals surface area contributed by atoms with Crippen molar-refractivity contribution in [1.29, 1.82) is 0 Å². The highest BCUT2D eigenvalue weighted by Gasteiger charge is 2.37. The predicted molar refractivity (Wildman–Crippen MR) is 179 cm³/mol. The maximum Gasteiger partial charge on any atom is 0.407 e. The van der Waals surface area contributed by atoms with Crippen LogP contribution in [0.2, 0.25) is 0 Å². The lowest BCUT2D eigenvalue weighted by molar-refractivity contribution is -0.131. The molecule has 2 aromatic carbocycles. The molecule has 0 unspecified atom stereocenters. The number of nitrogens with zero attached hydrogens (tertiary/aromatic N) is 1. The van der Waals surface area contributed by atoms with E-state index in [1.807, 2.05) is 6.07 Å². The topological polar surface area (TPSA) is 135 Å². The highest BCUT2D eigenvalue weighted by Crippen LogP contribution is 2.30. The SMILES string of the molecule is CC(C)(C)OC(=O)N[C@H]1C[C@H]2COc3cc(F)cc(c3)-c3csc(c3)C(=O)N[C@H](C(=O)Nc3ccccc3)COC/C=C\CC(=O)N2C1. The first-order valence-corrected chi connectivity index (χ1v) is 16.5. The van der Waals surface area contributed by atoms with Gasteiger partial charge < -0.3 is 35.1 Å². The molecule has 0 radical (unpaired) electrons. The number of hydrogen-bond acceptors (Lipinski definition) is 8. The Labute approximate surface area is 282 Å². The van der Waals surface area contributed by atoms with Gasteiger partial charge in [0.2, 0.25) is 11.8 Å². The Bertz CT molecular complexity index is 1660. The molecule has 0 spiro atoms. The quantitative estimate of drug-likeness (QED) is 0.327. The van der Waals surface area contributed by atoms with Crippen LogP contribution < -0.4 is 20.7 Å². The lowest BCUT2D eigenvalue weighted by Gasteiger charge is -2.24. The Morgan fingerprint density at radius 3 is 2.60 bits per heavy atom. The van der Waals surface area contributed by atoms with Crippen LogP contribution in [0.5, 0.6) is 5.75 Å². The van der Waals surface area contributed by atoms with Gasteiger partial charge in [0, 0.05) is 24.7 Å². The lowest BCUT2D eigenvalue weighted by atomic mass is 10.1. The molecule has 1 aromatic heterocycles. The van der Waals surface area contributed by atoms with Gasteiger partial charge in [-0.3, -0.25) is 14.4 Å².